The molecule has 7 nitrogen and oxygen atoms in total. The molecular weight excluding hydrogens is 282 g/mol. The quantitative estimate of drug-likeness (QED) is 0.243. The van der Waals surface area contributed by atoms with Crippen molar-refractivity contribution >= 4 is 10.4 Å². The molecular formula is ClCuKO7S. The SMILES string of the molecule is O=S(=O)([O-])[O-].[Cu+2].[K+].[O-][Cl+2]([O-])[O-]. The summed E-state index contributed by atoms with van der Waals surface area (Å²) in [4.78, 5) is 0. The zero-order valence-corrected chi connectivity index (χ0v) is 10.6. The van der Waals surface area contributed by atoms with Crippen LogP contribution < -0.4 is 65.4 Å². The summed E-state index contributed by atoms with van der Waals surface area (Å²) in [5, 5.41) is 0. The van der Waals surface area contributed by atoms with Crippen molar-refractivity contribution in [2.24, 2.45) is 0 Å². The monoisotopic (exact) mass is 281 g/mol. The molecule has 0 N–H and O–H groups in total. The van der Waals surface area contributed by atoms with E-state index in [2.05, 4.69) is 0 Å². The van der Waals surface area contributed by atoms with Crippen LogP contribution >= 0.6 is 0 Å². The molecule has 0 bridgehead atoms. The van der Waals surface area contributed by atoms with Gasteiger partial charge in [-0.1, -0.05) is 0 Å². The fraction of sp³-hybridized carbons (Fsp3) is 0. The van der Waals surface area contributed by atoms with Gasteiger partial charge < -0.3 is 23.1 Å². The first-order valence-electron chi connectivity index (χ1n) is 1.13. The van der Waals surface area contributed by atoms with Crippen molar-refractivity contribution in [3.8, 4) is 0 Å². The van der Waals surface area contributed by atoms with Gasteiger partial charge in [0, 0.05) is 10.4 Å². The number of halogens is 1. The minimum Gasteiger partial charge on any atom is -0.759 e. The minimum atomic E-state index is -5.17. The molecule has 0 rings (SSSR count). The predicted molar refractivity (Wildman–Crippen MR) is 10.5 cm³/mol. The van der Waals surface area contributed by atoms with Gasteiger partial charge in [-0.05, 0) is 0 Å². The Morgan fingerprint density at radius 2 is 1.00 bits per heavy atom. The molecule has 0 aromatic rings. The van der Waals surface area contributed by atoms with Crippen molar-refractivity contribution in [1.82, 2.24) is 0 Å². The summed E-state index contributed by atoms with van der Waals surface area (Å²) in [5.41, 5.74) is 0. The van der Waals surface area contributed by atoms with Gasteiger partial charge in [0.25, 0.3) is 0 Å². The topological polar surface area (TPSA) is 149 Å². The summed E-state index contributed by atoms with van der Waals surface area (Å²) < 4.78 is 59.3. The molecule has 0 saturated heterocycles. The fourth-order valence-corrected chi connectivity index (χ4v) is 0. The van der Waals surface area contributed by atoms with Gasteiger partial charge in [-0.3, -0.25) is 8.42 Å². The molecule has 0 fully saturated rings. The van der Waals surface area contributed by atoms with Gasteiger partial charge in [0.05, 0.1) is 10.8 Å². The van der Waals surface area contributed by atoms with E-state index in [9.17, 15) is 0 Å². The van der Waals surface area contributed by atoms with Crippen LogP contribution in [0.15, 0.2) is 0 Å². The van der Waals surface area contributed by atoms with Crippen LogP contribution in [0.4, 0.5) is 0 Å². The Morgan fingerprint density at radius 3 is 1.00 bits per heavy atom. The zero-order valence-electron chi connectivity index (χ0n) is 4.95. The van der Waals surface area contributed by atoms with Gasteiger partial charge in [-0.15, -0.1) is 0 Å². The Balaban J connectivity index is -0.0000000383. The van der Waals surface area contributed by atoms with E-state index < -0.39 is 21.2 Å². The minimum absolute atomic E-state index is 0. The molecule has 0 atom stereocenters. The van der Waals surface area contributed by atoms with Crippen LogP contribution in [0.25, 0.3) is 0 Å². The van der Waals surface area contributed by atoms with Crippen LogP contribution in [0.1, 0.15) is 0 Å². The molecule has 0 aliphatic heterocycles. The van der Waals surface area contributed by atoms with Gasteiger partial charge in [0.15, 0.2) is 0 Å². The fourth-order valence-electron chi connectivity index (χ4n) is 0. The van der Waals surface area contributed by atoms with Crippen LogP contribution in [0.5, 0.6) is 0 Å². The second-order valence-corrected chi connectivity index (χ2v) is 1.79. The van der Waals surface area contributed by atoms with Crippen LogP contribution in [-0.2, 0) is 27.5 Å². The molecule has 0 aromatic carbocycles. The van der Waals surface area contributed by atoms with E-state index in [0.717, 1.165) is 0 Å². The summed E-state index contributed by atoms with van der Waals surface area (Å²) in [6.07, 6.45) is 0. The van der Waals surface area contributed by atoms with Gasteiger partial charge in [0.1, 0.15) is 0 Å². The number of hydrogen-bond acceptors (Lipinski definition) is 7. The van der Waals surface area contributed by atoms with Gasteiger partial charge in [-0.2, -0.15) is 0 Å². The second-order valence-electron chi connectivity index (χ2n) is 0.597. The van der Waals surface area contributed by atoms with Crippen molar-refractivity contribution in [3.63, 3.8) is 0 Å². The standard InChI is InChI=1S/ClO3.Cu.K.H2O4S/c2-1(3)4;;;1-5(2,3)4/h;;;(H2,1,2,3,4)/q-1;+2;+1;/p-2. The Bertz CT molecular complexity index is 130. The maximum atomic E-state index is 8.52. The van der Waals surface area contributed by atoms with E-state index in [0.29, 0.717) is 0 Å². The Morgan fingerprint density at radius 1 is 1.00 bits per heavy atom. The van der Waals surface area contributed by atoms with E-state index >= 15 is 0 Å². The third-order valence-corrected chi connectivity index (χ3v) is 0. The van der Waals surface area contributed by atoms with Crippen molar-refractivity contribution in [1.29, 1.82) is 0 Å². The Labute approximate surface area is 119 Å². The molecule has 0 heterocycles. The van der Waals surface area contributed by atoms with E-state index in [1.165, 1.54) is 0 Å². The van der Waals surface area contributed by atoms with Gasteiger partial charge in [-0.25, -0.2) is 0 Å². The van der Waals surface area contributed by atoms with Crippen molar-refractivity contribution in [2.75, 3.05) is 0 Å². The van der Waals surface area contributed by atoms with E-state index in [4.69, 9.17) is 31.5 Å². The summed E-state index contributed by atoms with van der Waals surface area (Å²) in [5.74, 6) is 0. The molecule has 0 spiro atoms. The second kappa shape index (κ2) is 12.2. The van der Waals surface area contributed by atoms with Gasteiger partial charge >= 0.3 is 68.5 Å². The first-order valence-corrected chi connectivity index (χ1v) is 3.39. The first-order chi connectivity index (χ1) is 3.73. The third-order valence-electron chi connectivity index (χ3n) is 0. The molecule has 0 unspecified atom stereocenters. The Hall–Kier alpha value is 2.20. The van der Waals surface area contributed by atoms with E-state index in [1.807, 2.05) is 0 Å². The largest absolute Gasteiger partial charge is 2.00 e. The first kappa shape index (κ1) is 23.2. The predicted octanol–water partition coefficient (Wildman–Crippen LogP) is -7.90. The molecule has 0 saturated carbocycles. The summed E-state index contributed by atoms with van der Waals surface area (Å²) in [6, 6.07) is 0. The Kier molecular flexibility index (Phi) is 25.7. The normalized spacial score (nSPS) is 8.55. The molecule has 67 valence electrons. The third kappa shape index (κ3) is 263. The maximum absolute atomic E-state index is 8.52. The van der Waals surface area contributed by atoms with Gasteiger partial charge in [0.2, 0.25) is 0 Å². The number of hydrogen-bond donors (Lipinski definition) is 0. The zero-order chi connectivity index (χ0) is 8.08. The molecule has 0 aromatic heterocycles. The van der Waals surface area contributed by atoms with Crippen LogP contribution in [0.2, 0.25) is 0 Å². The number of rotatable bonds is 0. The van der Waals surface area contributed by atoms with Crippen LogP contribution in [0, 0.1) is 10.8 Å². The van der Waals surface area contributed by atoms with E-state index in [1.54, 1.807) is 0 Å². The molecule has 1 radical (unpaired) electrons. The smallest absolute Gasteiger partial charge is 0.759 e. The average molecular weight is 282 g/mol. The van der Waals surface area contributed by atoms with E-state index in [-0.39, 0.29) is 68.5 Å². The van der Waals surface area contributed by atoms with Crippen molar-refractivity contribution < 1.29 is 111 Å². The molecule has 11 heavy (non-hydrogen) atoms. The van der Waals surface area contributed by atoms with Crippen LogP contribution in [-0.4, -0.2) is 17.5 Å². The molecule has 11 heteroatoms. The van der Waals surface area contributed by atoms with Crippen LogP contribution in [0.3, 0.4) is 0 Å². The summed E-state index contributed by atoms with van der Waals surface area (Å²) in [7, 11) is -8.02. The molecule has 0 aliphatic carbocycles. The maximum Gasteiger partial charge on any atom is 2.00 e. The molecule has 0 amide bonds. The molecule has 0 aliphatic rings. The summed E-state index contributed by atoms with van der Waals surface area (Å²) >= 11 is 0. The average Bonchev–Trinajstić information content (AvgIpc) is 1.19. The van der Waals surface area contributed by atoms with Crippen molar-refractivity contribution in [3.05, 3.63) is 0 Å². The van der Waals surface area contributed by atoms with Crippen molar-refractivity contribution in [2.45, 2.75) is 0 Å². The summed E-state index contributed by atoms with van der Waals surface area (Å²) in [6.45, 7) is 0.